The second kappa shape index (κ2) is 8.88. The van der Waals surface area contributed by atoms with Crippen molar-refractivity contribution in [1.29, 1.82) is 0 Å². The van der Waals surface area contributed by atoms with Gasteiger partial charge in [0.2, 0.25) is 6.23 Å². The SMILES string of the molecule is COCCCOc1cc2c(cc1Cl)-c1cc(=O)c(C(=O)O)cn1C(c1scnc1Cl)O2. The van der Waals surface area contributed by atoms with Crippen LogP contribution in [0.15, 0.2) is 34.7 Å². The normalized spacial score (nSPS) is 14.5. The first-order valence-electron chi connectivity index (χ1n) is 9.11. The van der Waals surface area contributed by atoms with E-state index >= 15 is 0 Å². The zero-order valence-electron chi connectivity index (χ0n) is 16.1. The molecule has 4 rings (SSSR count). The zero-order valence-corrected chi connectivity index (χ0v) is 18.5. The van der Waals surface area contributed by atoms with E-state index in [1.807, 2.05) is 0 Å². The predicted molar refractivity (Wildman–Crippen MR) is 116 cm³/mol. The number of benzene rings is 1. The van der Waals surface area contributed by atoms with E-state index in [4.69, 9.17) is 37.4 Å². The molecular formula is C20H16Cl2N2O6S. The molecule has 1 aliphatic heterocycles. The third-order valence-corrected chi connectivity index (χ3v) is 6.20. The third-order valence-electron chi connectivity index (χ3n) is 4.64. The fourth-order valence-electron chi connectivity index (χ4n) is 3.21. The van der Waals surface area contributed by atoms with Gasteiger partial charge in [0.15, 0.2) is 5.43 Å². The average Bonchev–Trinajstić information content (AvgIpc) is 3.16. The number of aromatic carboxylic acids is 1. The van der Waals surface area contributed by atoms with Crippen molar-refractivity contribution in [1.82, 2.24) is 9.55 Å². The average molecular weight is 483 g/mol. The van der Waals surface area contributed by atoms with Gasteiger partial charge in [0.05, 0.1) is 22.8 Å². The summed E-state index contributed by atoms with van der Waals surface area (Å²) < 4.78 is 18.5. The van der Waals surface area contributed by atoms with Crippen LogP contribution < -0.4 is 14.9 Å². The minimum Gasteiger partial charge on any atom is -0.492 e. The maximum absolute atomic E-state index is 12.4. The van der Waals surface area contributed by atoms with Gasteiger partial charge in [-0.1, -0.05) is 23.2 Å². The highest BCUT2D eigenvalue weighted by atomic mass is 35.5. The first kappa shape index (κ1) is 21.6. The number of aromatic nitrogens is 2. The Morgan fingerprint density at radius 2 is 2.13 bits per heavy atom. The maximum Gasteiger partial charge on any atom is 0.341 e. The maximum atomic E-state index is 12.4. The van der Waals surface area contributed by atoms with Gasteiger partial charge in [-0.05, 0) is 6.07 Å². The number of carbonyl (C=O) groups is 1. The van der Waals surface area contributed by atoms with Crippen LogP contribution in [0.3, 0.4) is 0 Å². The molecule has 11 heteroatoms. The number of pyridine rings is 1. The molecule has 0 saturated heterocycles. The number of nitrogens with zero attached hydrogens (tertiary/aromatic N) is 2. The van der Waals surface area contributed by atoms with Gasteiger partial charge in [-0.25, -0.2) is 9.78 Å². The summed E-state index contributed by atoms with van der Waals surface area (Å²) in [5, 5.41) is 9.95. The van der Waals surface area contributed by atoms with Crippen LogP contribution >= 0.6 is 34.5 Å². The van der Waals surface area contributed by atoms with E-state index in [-0.39, 0.29) is 10.7 Å². The van der Waals surface area contributed by atoms with Crippen LogP contribution in [-0.4, -0.2) is 41.0 Å². The molecule has 31 heavy (non-hydrogen) atoms. The standard InChI is InChI=1S/C20H16Cl2N2O6S/c1-28-3-2-4-29-16-7-15-10(5-12(16)21)13-6-14(25)11(20(26)27)8-24(13)19(30-15)17-18(22)23-9-31-17/h5-9,19H,2-4H2,1H3,(H,26,27). The first-order chi connectivity index (χ1) is 14.9. The van der Waals surface area contributed by atoms with Crippen molar-refractivity contribution in [2.75, 3.05) is 20.3 Å². The number of halogens is 2. The highest BCUT2D eigenvalue weighted by Crippen LogP contribution is 2.46. The Morgan fingerprint density at radius 1 is 1.32 bits per heavy atom. The number of methoxy groups -OCH3 is 1. The van der Waals surface area contributed by atoms with Gasteiger partial charge in [-0.2, -0.15) is 0 Å². The van der Waals surface area contributed by atoms with E-state index in [0.717, 1.165) is 0 Å². The van der Waals surface area contributed by atoms with E-state index in [1.165, 1.54) is 23.6 Å². The Morgan fingerprint density at radius 3 is 2.81 bits per heavy atom. The number of thiazole rings is 1. The summed E-state index contributed by atoms with van der Waals surface area (Å²) in [5.74, 6) is -0.496. The number of rotatable bonds is 7. The van der Waals surface area contributed by atoms with E-state index in [1.54, 1.807) is 29.3 Å². The molecule has 3 heterocycles. The molecule has 0 saturated carbocycles. The molecule has 0 radical (unpaired) electrons. The number of carboxylic acid groups (broad SMARTS) is 1. The van der Waals surface area contributed by atoms with E-state index < -0.39 is 17.6 Å². The van der Waals surface area contributed by atoms with Crippen LogP contribution in [-0.2, 0) is 4.74 Å². The molecule has 0 fully saturated rings. The fourth-order valence-corrected chi connectivity index (χ4v) is 4.46. The van der Waals surface area contributed by atoms with Gasteiger partial charge in [-0.15, -0.1) is 11.3 Å². The van der Waals surface area contributed by atoms with Crippen LogP contribution in [0.25, 0.3) is 11.3 Å². The Balaban J connectivity index is 1.84. The smallest absolute Gasteiger partial charge is 0.341 e. The molecule has 1 atom stereocenters. The summed E-state index contributed by atoms with van der Waals surface area (Å²) in [4.78, 5) is 28.5. The minimum absolute atomic E-state index is 0.227. The number of carboxylic acids is 1. The molecule has 1 unspecified atom stereocenters. The van der Waals surface area contributed by atoms with Gasteiger partial charge in [-0.3, -0.25) is 4.79 Å². The lowest BCUT2D eigenvalue weighted by Crippen LogP contribution is -2.27. The molecule has 1 aliphatic rings. The number of fused-ring (bicyclic) bond motifs is 3. The Bertz CT molecular complexity index is 1210. The summed E-state index contributed by atoms with van der Waals surface area (Å²) in [7, 11) is 1.61. The second-order valence-electron chi connectivity index (χ2n) is 6.60. The van der Waals surface area contributed by atoms with Gasteiger partial charge >= 0.3 is 5.97 Å². The Labute approximate surface area is 190 Å². The van der Waals surface area contributed by atoms with Crippen molar-refractivity contribution in [2.45, 2.75) is 12.6 Å². The van der Waals surface area contributed by atoms with Crippen molar-refractivity contribution in [3.63, 3.8) is 0 Å². The van der Waals surface area contributed by atoms with E-state index in [0.29, 0.717) is 52.3 Å². The lowest BCUT2D eigenvalue weighted by atomic mass is 10.1. The molecule has 8 nitrogen and oxygen atoms in total. The van der Waals surface area contributed by atoms with Gasteiger partial charge in [0.1, 0.15) is 27.1 Å². The van der Waals surface area contributed by atoms with Crippen molar-refractivity contribution >= 4 is 40.5 Å². The topological polar surface area (TPSA) is 99.9 Å². The predicted octanol–water partition coefficient (Wildman–Crippen LogP) is 4.33. The number of ether oxygens (including phenoxy) is 3. The summed E-state index contributed by atoms with van der Waals surface area (Å²) in [6.07, 6.45) is 1.11. The fraction of sp³-hybridized carbons (Fsp3) is 0.250. The van der Waals surface area contributed by atoms with Crippen LogP contribution in [0, 0.1) is 0 Å². The highest BCUT2D eigenvalue weighted by molar-refractivity contribution is 7.10. The van der Waals surface area contributed by atoms with Crippen molar-refractivity contribution in [3.05, 3.63) is 60.7 Å². The lowest BCUT2D eigenvalue weighted by molar-refractivity contribution is 0.0693. The van der Waals surface area contributed by atoms with Crippen molar-refractivity contribution in [2.24, 2.45) is 0 Å². The quantitative estimate of drug-likeness (QED) is 0.500. The van der Waals surface area contributed by atoms with Crippen LogP contribution in [0.2, 0.25) is 10.2 Å². The molecule has 0 spiro atoms. The van der Waals surface area contributed by atoms with Crippen LogP contribution in [0.1, 0.15) is 27.9 Å². The summed E-state index contributed by atoms with van der Waals surface area (Å²) in [6, 6.07) is 4.52. The molecule has 0 aliphatic carbocycles. The van der Waals surface area contributed by atoms with Crippen molar-refractivity contribution in [3.8, 4) is 22.8 Å². The molecule has 0 bridgehead atoms. The van der Waals surface area contributed by atoms with E-state index in [2.05, 4.69) is 4.98 Å². The van der Waals surface area contributed by atoms with Gasteiger partial charge in [0.25, 0.3) is 0 Å². The molecule has 1 N–H and O–H groups in total. The molecular weight excluding hydrogens is 467 g/mol. The molecule has 2 aromatic heterocycles. The Hall–Kier alpha value is -2.59. The van der Waals surface area contributed by atoms with Gasteiger partial charge in [0, 0.05) is 44.0 Å². The lowest BCUT2D eigenvalue weighted by Gasteiger charge is -2.31. The summed E-state index contributed by atoms with van der Waals surface area (Å²) in [5.41, 5.74) is 1.52. The molecule has 0 amide bonds. The van der Waals surface area contributed by atoms with E-state index in [9.17, 15) is 14.7 Å². The minimum atomic E-state index is -1.34. The largest absolute Gasteiger partial charge is 0.492 e. The van der Waals surface area contributed by atoms with Crippen LogP contribution in [0.4, 0.5) is 0 Å². The molecule has 3 aromatic rings. The van der Waals surface area contributed by atoms with Crippen LogP contribution in [0.5, 0.6) is 11.5 Å². The summed E-state index contributed by atoms with van der Waals surface area (Å²) >= 11 is 13.9. The first-order valence-corrected chi connectivity index (χ1v) is 10.7. The molecule has 162 valence electrons. The highest BCUT2D eigenvalue weighted by Gasteiger charge is 2.31. The monoisotopic (exact) mass is 482 g/mol. The summed E-state index contributed by atoms with van der Waals surface area (Å²) in [6.45, 7) is 0.946. The third kappa shape index (κ3) is 4.14. The second-order valence-corrected chi connectivity index (χ2v) is 8.25. The number of hydrogen-bond acceptors (Lipinski definition) is 7. The van der Waals surface area contributed by atoms with Crippen molar-refractivity contribution < 1.29 is 24.1 Å². The molecule has 1 aromatic carbocycles. The van der Waals surface area contributed by atoms with Gasteiger partial charge < -0.3 is 23.9 Å². The Kier molecular flexibility index (Phi) is 6.19. The number of hydrogen-bond donors (Lipinski definition) is 1. The zero-order chi connectivity index (χ0) is 22.1.